The summed E-state index contributed by atoms with van der Waals surface area (Å²) < 4.78 is 5.00. The molecular weight excluding hydrogens is 192 g/mol. The third-order valence-electron chi connectivity index (χ3n) is 2.29. The van der Waals surface area contributed by atoms with Crippen molar-refractivity contribution in [3.8, 4) is 17.1 Å². The van der Waals surface area contributed by atoms with E-state index in [2.05, 4.69) is 5.16 Å². The van der Waals surface area contributed by atoms with Crippen molar-refractivity contribution in [2.45, 2.75) is 13.3 Å². The smallest absolute Gasteiger partial charge is 0.172 e. The third kappa shape index (κ3) is 1.66. The Balaban J connectivity index is 2.53. The van der Waals surface area contributed by atoms with Gasteiger partial charge in [0.2, 0.25) is 0 Å². The van der Waals surface area contributed by atoms with Gasteiger partial charge in [0.25, 0.3) is 0 Å². The Hall–Kier alpha value is -1.97. The van der Waals surface area contributed by atoms with Crippen molar-refractivity contribution in [3.63, 3.8) is 0 Å². The quantitative estimate of drug-likeness (QED) is 0.786. The first-order valence-corrected chi connectivity index (χ1v) is 4.75. The molecule has 0 amide bonds. The Labute approximate surface area is 87.3 Å². The average molecular weight is 204 g/mol. The van der Waals surface area contributed by atoms with Crippen LogP contribution in [0.1, 0.15) is 12.5 Å². The third-order valence-corrected chi connectivity index (χ3v) is 2.29. The number of nitrogen functional groups attached to an aromatic ring is 1. The molecule has 1 heterocycles. The molecule has 0 radical (unpaired) electrons. The van der Waals surface area contributed by atoms with Gasteiger partial charge in [-0.1, -0.05) is 24.2 Å². The molecule has 0 atom stereocenters. The van der Waals surface area contributed by atoms with Crippen molar-refractivity contribution in [1.82, 2.24) is 5.16 Å². The molecule has 78 valence electrons. The maximum Gasteiger partial charge on any atom is 0.172 e. The van der Waals surface area contributed by atoms with Crippen LogP contribution in [0.3, 0.4) is 0 Å². The van der Waals surface area contributed by atoms with E-state index in [-0.39, 0.29) is 5.75 Å². The van der Waals surface area contributed by atoms with Crippen LogP contribution in [-0.2, 0) is 6.42 Å². The Morgan fingerprint density at radius 1 is 1.47 bits per heavy atom. The molecule has 0 aliphatic rings. The van der Waals surface area contributed by atoms with Gasteiger partial charge in [-0.3, -0.25) is 0 Å². The van der Waals surface area contributed by atoms with Gasteiger partial charge in [0.1, 0.15) is 5.75 Å². The second kappa shape index (κ2) is 3.65. The van der Waals surface area contributed by atoms with E-state index in [4.69, 9.17) is 10.3 Å². The van der Waals surface area contributed by atoms with Crippen molar-refractivity contribution in [2.75, 3.05) is 5.73 Å². The fourth-order valence-corrected chi connectivity index (χ4v) is 1.49. The number of hydrogen-bond acceptors (Lipinski definition) is 4. The molecule has 0 fully saturated rings. The molecule has 0 bridgehead atoms. The van der Waals surface area contributed by atoms with E-state index in [1.54, 1.807) is 12.1 Å². The van der Waals surface area contributed by atoms with Crippen molar-refractivity contribution >= 4 is 5.82 Å². The normalized spacial score (nSPS) is 10.5. The van der Waals surface area contributed by atoms with Crippen LogP contribution in [0.25, 0.3) is 11.3 Å². The lowest BCUT2D eigenvalue weighted by atomic mass is 10.1. The molecule has 2 rings (SSSR count). The largest absolute Gasteiger partial charge is 0.507 e. The van der Waals surface area contributed by atoms with Gasteiger partial charge in [-0.15, -0.1) is 0 Å². The van der Waals surface area contributed by atoms with Crippen molar-refractivity contribution in [3.05, 3.63) is 29.8 Å². The number of phenols is 1. The lowest BCUT2D eigenvalue weighted by Crippen LogP contribution is -1.84. The molecule has 2 aromatic rings. The van der Waals surface area contributed by atoms with E-state index >= 15 is 0 Å². The molecule has 4 nitrogen and oxygen atoms in total. The van der Waals surface area contributed by atoms with Crippen LogP contribution in [-0.4, -0.2) is 10.3 Å². The molecule has 0 spiro atoms. The first-order chi connectivity index (χ1) is 7.22. The summed E-state index contributed by atoms with van der Waals surface area (Å²) in [7, 11) is 0. The van der Waals surface area contributed by atoms with Crippen LogP contribution in [0.4, 0.5) is 5.82 Å². The van der Waals surface area contributed by atoms with Gasteiger partial charge >= 0.3 is 0 Å². The minimum absolute atomic E-state index is 0.233. The van der Waals surface area contributed by atoms with Crippen molar-refractivity contribution in [1.29, 1.82) is 0 Å². The Bertz CT molecular complexity index is 477. The van der Waals surface area contributed by atoms with Crippen LogP contribution in [0.2, 0.25) is 0 Å². The lowest BCUT2D eigenvalue weighted by Gasteiger charge is -2.04. The summed E-state index contributed by atoms with van der Waals surface area (Å²) >= 11 is 0. The predicted octanol–water partition coefficient (Wildman–Crippen LogP) is 2.19. The predicted molar refractivity (Wildman–Crippen MR) is 57.4 cm³/mol. The topological polar surface area (TPSA) is 72.3 Å². The zero-order valence-corrected chi connectivity index (χ0v) is 8.40. The van der Waals surface area contributed by atoms with Crippen molar-refractivity contribution < 1.29 is 9.63 Å². The Kier molecular flexibility index (Phi) is 2.33. The van der Waals surface area contributed by atoms with Crippen LogP contribution in [0.5, 0.6) is 5.75 Å². The van der Waals surface area contributed by atoms with E-state index in [0.717, 1.165) is 12.0 Å². The molecule has 0 aliphatic heterocycles. The highest BCUT2D eigenvalue weighted by Crippen LogP contribution is 2.32. The highest BCUT2D eigenvalue weighted by atomic mass is 16.5. The summed E-state index contributed by atoms with van der Waals surface area (Å²) in [6.07, 6.45) is 0.767. The molecule has 0 saturated carbocycles. The van der Waals surface area contributed by atoms with Gasteiger partial charge in [0.05, 0.1) is 5.56 Å². The Morgan fingerprint density at radius 3 is 2.87 bits per heavy atom. The number of hydrogen-bond donors (Lipinski definition) is 2. The summed E-state index contributed by atoms with van der Waals surface area (Å²) in [5.41, 5.74) is 6.95. The van der Waals surface area contributed by atoms with E-state index in [0.29, 0.717) is 17.1 Å². The minimum Gasteiger partial charge on any atom is -0.507 e. The van der Waals surface area contributed by atoms with Gasteiger partial charge < -0.3 is 15.4 Å². The van der Waals surface area contributed by atoms with Crippen LogP contribution in [0, 0.1) is 0 Å². The molecule has 4 heteroatoms. The molecule has 1 aromatic heterocycles. The summed E-state index contributed by atoms with van der Waals surface area (Å²) in [6.45, 7) is 1.98. The summed E-state index contributed by atoms with van der Waals surface area (Å²) in [5.74, 6) is 1.03. The number of para-hydroxylation sites is 1. The summed E-state index contributed by atoms with van der Waals surface area (Å²) in [6, 6.07) is 7.11. The number of phenolic OH excluding ortho intramolecular Hbond substituents is 1. The van der Waals surface area contributed by atoms with Gasteiger partial charge in [0.15, 0.2) is 11.6 Å². The molecule has 0 unspecified atom stereocenters. The van der Waals surface area contributed by atoms with Crippen LogP contribution >= 0.6 is 0 Å². The highest BCUT2D eigenvalue weighted by Gasteiger charge is 2.11. The average Bonchev–Trinajstić information content (AvgIpc) is 2.65. The summed E-state index contributed by atoms with van der Waals surface area (Å²) in [5, 5.41) is 13.5. The molecule has 0 saturated heterocycles. The lowest BCUT2D eigenvalue weighted by molar-refractivity contribution is 0.428. The fourth-order valence-electron chi connectivity index (χ4n) is 1.49. The van der Waals surface area contributed by atoms with Gasteiger partial charge in [-0.2, -0.15) is 0 Å². The number of nitrogens with zero attached hydrogens (tertiary/aromatic N) is 1. The van der Waals surface area contributed by atoms with Crippen LogP contribution in [0.15, 0.2) is 28.8 Å². The van der Waals surface area contributed by atoms with Gasteiger partial charge in [-0.05, 0) is 18.1 Å². The summed E-state index contributed by atoms with van der Waals surface area (Å²) in [4.78, 5) is 0. The number of aromatic hydroxyl groups is 1. The zero-order valence-electron chi connectivity index (χ0n) is 8.40. The van der Waals surface area contributed by atoms with Gasteiger partial charge in [0, 0.05) is 6.07 Å². The second-order valence-electron chi connectivity index (χ2n) is 3.28. The number of anilines is 1. The number of aryl methyl sites for hydroxylation is 1. The van der Waals surface area contributed by atoms with Gasteiger partial charge in [-0.25, -0.2) is 0 Å². The first kappa shape index (κ1) is 9.58. The number of benzene rings is 1. The standard InChI is InChI=1S/C11H12N2O2/c1-2-7-4-3-5-8(11(7)14)9-6-10(12)13-15-9/h3-6,14H,2H2,1H3,(H2,12,13). The molecule has 1 aromatic carbocycles. The van der Waals surface area contributed by atoms with E-state index in [1.165, 1.54) is 0 Å². The van der Waals surface area contributed by atoms with E-state index < -0.39 is 0 Å². The van der Waals surface area contributed by atoms with Crippen molar-refractivity contribution in [2.24, 2.45) is 0 Å². The maximum atomic E-state index is 9.92. The molecule has 15 heavy (non-hydrogen) atoms. The zero-order chi connectivity index (χ0) is 10.8. The Morgan fingerprint density at radius 2 is 2.27 bits per heavy atom. The van der Waals surface area contributed by atoms with Crippen LogP contribution < -0.4 is 5.73 Å². The fraction of sp³-hybridized carbons (Fsp3) is 0.182. The number of nitrogens with two attached hydrogens (primary N) is 1. The molecule has 0 aliphatic carbocycles. The maximum absolute atomic E-state index is 9.92. The minimum atomic E-state index is 0.233. The SMILES string of the molecule is CCc1cccc(-c2cc(N)no2)c1O. The second-order valence-corrected chi connectivity index (χ2v) is 3.28. The molecule has 3 N–H and O–H groups in total. The number of aromatic nitrogens is 1. The van der Waals surface area contributed by atoms with E-state index in [1.807, 2.05) is 19.1 Å². The molecular formula is C11H12N2O2. The first-order valence-electron chi connectivity index (χ1n) is 4.75. The monoisotopic (exact) mass is 204 g/mol. The number of rotatable bonds is 2. The van der Waals surface area contributed by atoms with E-state index in [9.17, 15) is 5.11 Å². The highest BCUT2D eigenvalue weighted by molar-refractivity contribution is 5.68.